The molecule has 5 heterocycles. The lowest BCUT2D eigenvalue weighted by atomic mass is 10.0. The predicted octanol–water partition coefficient (Wildman–Crippen LogP) is 13.6. The van der Waals surface area contributed by atoms with Gasteiger partial charge >= 0.3 is 0 Å². The Morgan fingerprint density at radius 2 is 1.05 bits per heavy atom. The molecule has 6 nitrogen and oxygen atoms in total. The zero-order chi connectivity index (χ0) is 39.6. The molecule has 12 rings (SSSR count). The molecule has 0 atom stereocenters. The van der Waals surface area contributed by atoms with E-state index in [1.54, 1.807) is 11.3 Å². The summed E-state index contributed by atoms with van der Waals surface area (Å²) in [6, 6.07) is 65.3. The summed E-state index contributed by atoms with van der Waals surface area (Å²) in [7, 11) is 0. The van der Waals surface area contributed by atoms with Crippen LogP contribution in [0.25, 0.3) is 115 Å². The second kappa shape index (κ2) is 13.9. The molecular weight excluding hydrogens is 753 g/mol. The van der Waals surface area contributed by atoms with Gasteiger partial charge in [-0.15, -0.1) is 11.3 Å². The molecule has 0 saturated heterocycles. The molecule has 280 valence electrons. The van der Waals surface area contributed by atoms with Crippen molar-refractivity contribution in [1.29, 1.82) is 0 Å². The lowest BCUT2D eigenvalue weighted by Gasteiger charge is -2.11. The van der Waals surface area contributed by atoms with Crippen molar-refractivity contribution in [3.8, 4) is 62.4 Å². The third-order valence-corrected chi connectivity index (χ3v) is 12.5. The van der Waals surface area contributed by atoms with Gasteiger partial charge in [-0.25, -0.2) is 24.9 Å². The monoisotopic (exact) mass is 784 g/mol. The first-order chi connectivity index (χ1) is 29.7. The highest BCUT2D eigenvalue weighted by Gasteiger charge is 2.19. The Balaban J connectivity index is 1.01. The van der Waals surface area contributed by atoms with Gasteiger partial charge in [-0.05, 0) is 53.2 Å². The van der Waals surface area contributed by atoms with Gasteiger partial charge in [0.15, 0.2) is 11.6 Å². The van der Waals surface area contributed by atoms with Crippen LogP contribution in [0, 0.1) is 0 Å². The second-order valence-electron chi connectivity index (χ2n) is 14.9. The predicted molar refractivity (Wildman–Crippen MR) is 247 cm³/mol. The highest BCUT2D eigenvalue weighted by atomic mass is 32.1. The van der Waals surface area contributed by atoms with E-state index in [0.29, 0.717) is 11.6 Å². The van der Waals surface area contributed by atoms with Crippen LogP contribution in [0.5, 0.6) is 0 Å². The molecular formula is C53H32N6S. The fourth-order valence-electron chi connectivity index (χ4n) is 8.44. The lowest BCUT2D eigenvalue weighted by molar-refractivity contribution is 1.08. The van der Waals surface area contributed by atoms with E-state index in [1.165, 1.54) is 20.9 Å². The Morgan fingerprint density at radius 1 is 0.417 bits per heavy atom. The van der Waals surface area contributed by atoms with E-state index in [1.807, 2.05) is 42.6 Å². The van der Waals surface area contributed by atoms with Gasteiger partial charge in [-0.3, -0.25) is 4.57 Å². The maximum absolute atomic E-state index is 5.28. The largest absolute Gasteiger partial charge is 0.294 e. The summed E-state index contributed by atoms with van der Waals surface area (Å²) in [5.41, 5.74) is 10.7. The topological polar surface area (TPSA) is 69.4 Å². The molecule has 5 aromatic heterocycles. The summed E-state index contributed by atoms with van der Waals surface area (Å²) in [6.07, 6.45) is 1.85. The first kappa shape index (κ1) is 34.2. The standard InChI is InChI=1S/C53H32N6S/c1-3-14-34(15-4-1)42-32-43(38-27-28-44-41(31-38)48-39-18-8-7-13-33(39)26-29-45(48)59(44)47-21-11-12-30-54-47)56-52(55-42)36-22-24-37(25-23-36)53-57-49(35-16-5-2-6-17-35)51-50(58-53)40-19-9-10-20-46(40)60-51/h1-32H. The molecule has 0 spiro atoms. The van der Waals surface area contributed by atoms with Crippen molar-refractivity contribution >= 4 is 64.2 Å². The summed E-state index contributed by atoms with van der Waals surface area (Å²) in [6.45, 7) is 0. The number of rotatable bonds is 6. The third-order valence-electron chi connectivity index (χ3n) is 11.3. The molecule has 0 radical (unpaired) electrons. The molecule has 0 bridgehead atoms. The van der Waals surface area contributed by atoms with E-state index in [9.17, 15) is 0 Å². The summed E-state index contributed by atoms with van der Waals surface area (Å²) in [5.74, 6) is 2.20. The maximum atomic E-state index is 5.28. The SMILES string of the molecule is c1ccc(-c2cc(-c3ccc4c(c3)c3c5ccccc5ccc3n4-c3ccccn3)nc(-c3ccc(-c4nc(-c5ccccc5)c5sc6ccccc6c5n4)cc3)n2)cc1. The van der Waals surface area contributed by atoms with Crippen LogP contribution < -0.4 is 0 Å². The van der Waals surface area contributed by atoms with Crippen molar-refractivity contribution < 1.29 is 0 Å². The van der Waals surface area contributed by atoms with Crippen LogP contribution in [-0.2, 0) is 0 Å². The highest BCUT2D eigenvalue weighted by Crippen LogP contribution is 2.41. The molecule has 7 heteroatoms. The fraction of sp³-hybridized carbons (Fsp3) is 0. The number of benzene rings is 7. The molecule has 0 aliphatic heterocycles. The van der Waals surface area contributed by atoms with Gasteiger partial charge in [0.25, 0.3) is 0 Å². The van der Waals surface area contributed by atoms with Crippen molar-refractivity contribution in [1.82, 2.24) is 29.5 Å². The number of aromatic nitrogens is 6. The van der Waals surface area contributed by atoms with Crippen LogP contribution in [0.15, 0.2) is 194 Å². The number of fused-ring (bicyclic) bond motifs is 8. The number of nitrogens with zero attached hydrogens (tertiary/aromatic N) is 6. The molecule has 7 aromatic carbocycles. The zero-order valence-corrected chi connectivity index (χ0v) is 32.9. The Hall–Kier alpha value is -7.87. The van der Waals surface area contributed by atoms with Crippen LogP contribution in [0.4, 0.5) is 0 Å². The molecule has 12 aromatic rings. The molecule has 0 N–H and O–H groups in total. The minimum atomic E-state index is 0.643. The van der Waals surface area contributed by atoms with Gasteiger partial charge in [0.05, 0.1) is 38.3 Å². The van der Waals surface area contributed by atoms with Crippen molar-refractivity contribution in [3.05, 3.63) is 194 Å². The smallest absolute Gasteiger partial charge is 0.160 e. The Kier molecular flexibility index (Phi) is 7.92. The van der Waals surface area contributed by atoms with Gasteiger partial charge in [-0.1, -0.05) is 146 Å². The number of thiophene rings is 1. The Morgan fingerprint density at radius 3 is 1.82 bits per heavy atom. The van der Waals surface area contributed by atoms with E-state index >= 15 is 0 Å². The summed E-state index contributed by atoms with van der Waals surface area (Å²) < 4.78 is 4.55. The molecule has 0 aliphatic rings. The minimum absolute atomic E-state index is 0.643. The third kappa shape index (κ3) is 5.67. The van der Waals surface area contributed by atoms with Crippen LogP contribution in [0.2, 0.25) is 0 Å². The average molecular weight is 785 g/mol. The summed E-state index contributed by atoms with van der Waals surface area (Å²) >= 11 is 1.74. The van der Waals surface area contributed by atoms with Crippen molar-refractivity contribution in [2.75, 3.05) is 0 Å². The minimum Gasteiger partial charge on any atom is -0.294 e. The van der Waals surface area contributed by atoms with Crippen LogP contribution >= 0.6 is 11.3 Å². The molecule has 60 heavy (non-hydrogen) atoms. The second-order valence-corrected chi connectivity index (χ2v) is 15.9. The van der Waals surface area contributed by atoms with Crippen molar-refractivity contribution in [3.63, 3.8) is 0 Å². The van der Waals surface area contributed by atoms with Crippen molar-refractivity contribution in [2.45, 2.75) is 0 Å². The zero-order valence-electron chi connectivity index (χ0n) is 32.1. The van der Waals surface area contributed by atoms with E-state index in [0.717, 1.165) is 82.7 Å². The van der Waals surface area contributed by atoms with E-state index in [-0.39, 0.29) is 0 Å². The quantitative estimate of drug-likeness (QED) is 0.168. The van der Waals surface area contributed by atoms with E-state index in [4.69, 9.17) is 24.9 Å². The van der Waals surface area contributed by atoms with E-state index < -0.39 is 0 Å². The fourth-order valence-corrected chi connectivity index (χ4v) is 9.60. The average Bonchev–Trinajstić information content (AvgIpc) is 3.88. The van der Waals surface area contributed by atoms with Gasteiger partial charge in [-0.2, -0.15) is 0 Å². The first-order valence-electron chi connectivity index (χ1n) is 19.9. The van der Waals surface area contributed by atoms with E-state index in [2.05, 4.69) is 156 Å². The number of hydrogen-bond acceptors (Lipinski definition) is 6. The van der Waals surface area contributed by atoms with Gasteiger partial charge in [0, 0.05) is 54.9 Å². The van der Waals surface area contributed by atoms with Crippen LogP contribution in [-0.4, -0.2) is 29.5 Å². The lowest BCUT2D eigenvalue weighted by Crippen LogP contribution is -1.97. The first-order valence-corrected chi connectivity index (χ1v) is 20.7. The normalized spacial score (nSPS) is 11.7. The summed E-state index contributed by atoms with van der Waals surface area (Å²) in [4.78, 5) is 25.6. The molecule has 0 fully saturated rings. The number of pyridine rings is 1. The molecule has 0 aliphatic carbocycles. The van der Waals surface area contributed by atoms with Gasteiger partial charge in [0.1, 0.15) is 5.82 Å². The maximum Gasteiger partial charge on any atom is 0.160 e. The number of hydrogen-bond donors (Lipinski definition) is 0. The highest BCUT2D eigenvalue weighted by molar-refractivity contribution is 7.26. The van der Waals surface area contributed by atoms with Crippen molar-refractivity contribution in [2.24, 2.45) is 0 Å². The van der Waals surface area contributed by atoms with Crippen LogP contribution in [0.3, 0.4) is 0 Å². The molecule has 0 saturated carbocycles. The van der Waals surface area contributed by atoms with Gasteiger partial charge in [0.2, 0.25) is 0 Å². The molecule has 0 unspecified atom stereocenters. The summed E-state index contributed by atoms with van der Waals surface area (Å²) in [5, 5.41) is 5.86. The molecule has 0 amide bonds. The van der Waals surface area contributed by atoms with Gasteiger partial charge < -0.3 is 0 Å². The Labute approximate surface area is 348 Å². The Bertz CT molecular complexity index is 3580. The van der Waals surface area contributed by atoms with Crippen LogP contribution in [0.1, 0.15) is 0 Å².